The van der Waals surface area contributed by atoms with Gasteiger partial charge in [-0.15, -0.1) is 6.58 Å². The maximum atomic E-state index is 5.69. The van der Waals surface area contributed by atoms with Crippen LogP contribution in [0, 0.1) is 0 Å². The molecule has 0 bridgehead atoms. The second kappa shape index (κ2) is 12.2. The minimum Gasteiger partial charge on any atom is -0.336 e. The van der Waals surface area contributed by atoms with Gasteiger partial charge in [0.1, 0.15) is 0 Å². The lowest BCUT2D eigenvalue weighted by Gasteiger charge is -2.15. The molecule has 0 spiro atoms. The van der Waals surface area contributed by atoms with Gasteiger partial charge in [0.05, 0.1) is 12.7 Å². The second-order valence-electron chi connectivity index (χ2n) is 3.68. The van der Waals surface area contributed by atoms with Crippen LogP contribution in [0.25, 0.3) is 0 Å². The molecule has 0 aliphatic carbocycles. The second-order valence-corrected chi connectivity index (χ2v) is 4.37. The first kappa shape index (κ1) is 15.1. The summed E-state index contributed by atoms with van der Waals surface area (Å²) in [6.45, 7) is 8.91. The van der Waals surface area contributed by atoms with Crippen LogP contribution in [0.4, 0.5) is 0 Å². The van der Waals surface area contributed by atoms with E-state index >= 15 is 0 Å². The number of hydrogen-bond acceptors (Lipinski definition) is 2. The highest BCUT2D eigenvalue weighted by molar-refractivity contribution is 7.26. The minimum atomic E-state index is 0.209. The van der Waals surface area contributed by atoms with Gasteiger partial charge < -0.3 is 9.05 Å². The molecule has 0 aliphatic rings. The molecule has 0 aromatic carbocycles. The van der Waals surface area contributed by atoms with Crippen molar-refractivity contribution in [1.29, 1.82) is 0 Å². The molecule has 2 nitrogen and oxygen atoms in total. The monoisotopic (exact) mass is 232 g/mol. The van der Waals surface area contributed by atoms with Crippen molar-refractivity contribution in [1.82, 2.24) is 0 Å². The molecule has 0 saturated heterocycles. The molecule has 0 N–H and O–H groups in total. The lowest BCUT2D eigenvalue weighted by Crippen LogP contribution is -2.07. The van der Waals surface area contributed by atoms with Crippen molar-refractivity contribution in [3.05, 3.63) is 12.7 Å². The molecule has 0 saturated carbocycles. The molecular formula is C12H25O2P. The summed E-state index contributed by atoms with van der Waals surface area (Å²) < 4.78 is 11.1. The van der Waals surface area contributed by atoms with Crippen LogP contribution in [-0.4, -0.2) is 12.7 Å². The lowest BCUT2D eigenvalue weighted by molar-refractivity contribution is 0.173. The van der Waals surface area contributed by atoms with E-state index in [-0.39, 0.29) is 9.03 Å². The number of unbranched alkanes of at least 4 members (excludes halogenated alkanes) is 1. The van der Waals surface area contributed by atoms with Crippen LogP contribution in [0.2, 0.25) is 0 Å². The Hall–Kier alpha value is 0.0900. The van der Waals surface area contributed by atoms with Crippen molar-refractivity contribution in [3.63, 3.8) is 0 Å². The minimum absolute atomic E-state index is 0.209. The molecule has 0 heterocycles. The lowest BCUT2D eigenvalue weighted by atomic mass is 10.1. The van der Waals surface area contributed by atoms with Gasteiger partial charge >= 0.3 is 0 Å². The highest BCUT2D eigenvalue weighted by Crippen LogP contribution is 2.22. The van der Waals surface area contributed by atoms with Gasteiger partial charge in [0.15, 0.2) is 9.03 Å². The Morgan fingerprint density at radius 1 is 1.27 bits per heavy atom. The van der Waals surface area contributed by atoms with Crippen molar-refractivity contribution in [2.75, 3.05) is 6.61 Å². The molecule has 0 radical (unpaired) electrons. The Balaban J connectivity index is 3.42. The zero-order valence-corrected chi connectivity index (χ0v) is 11.1. The molecule has 2 atom stereocenters. The summed E-state index contributed by atoms with van der Waals surface area (Å²) in [6.07, 6.45) is 9.01. The van der Waals surface area contributed by atoms with Crippen LogP contribution >= 0.6 is 9.03 Å². The van der Waals surface area contributed by atoms with Crippen molar-refractivity contribution < 1.29 is 9.05 Å². The van der Waals surface area contributed by atoms with E-state index in [1.54, 1.807) is 0 Å². The first-order valence-electron chi connectivity index (χ1n) is 5.98. The van der Waals surface area contributed by atoms with E-state index in [9.17, 15) is 0 Å². The van der Waals surface area contributed by atoms with E-state index in [4.69, 9.17) is 9.05 Å². The summed E-state index contributed by atoms with van der Waals surface area (Å²) in [5.41, 5.74) is 0. The smallest absolute Gasteiger partial charge is 0.155 e. The van der Waals surface area contributed by atoms with Gasteiger partial charge in [-0.05, 0) is 25.7 Å². The van der Waals surface area contributed by atoms with Crippen molar-refractivity contribution in [2.24, 2.45) is 0 Å². The van der Waals surface area contributed by atoms with E-state index in [1.165, 1.54) is 12.8 Å². The number of hydrogen-bond donors (Lipinski definition) is 0. The first-order chi connectivity index (χ1) is 7.35. The molecule has 0 aromatic rings. The maximum Gasteiger partial charge on any atom is 0.155 e. The molecule has 90 valence electrons. The highest BCUT2D eigenvalue weighted by atomic mass is 31.1. The van der Waals surface area contributed by atoms with Crippen molar-refractivity contribution >= 4 is 9.03 Å². The molecular weight excluding hydrogens is 207 g/mol. The molecule has 0 fully saturated rings. The third-order valence-corrected chi connectivity index (χ3v) is 2.93. The van der Waals surface area contributed by atoms with Crippen LogP contribution in [0.1, 0.15) is 52.4 Å². The molecule has 0 rings (SSSR count). The predicted octanol–water partition coefficient (Wildman–Crippen LogP) is 4.46. The van der Waals surface area contributed by atoms with Gasteiger partial charge in [-0.1, -0.05) is 32.8 Å². The Kier molecular flexibility index (Phi) is 12.2. The normalized spacial score (nSPS) is 13.5. The zero-order valence-electron chi connectivity index (χ0n) is 10.1. The molecule has 2 unspecified atom stereocenters. The van der Waals surface area contributed by atoms with E-state index < -0.39 is 0 Å². The first-order valence-corrected chi connectivity index (χ1v) is 6.80. The average molecular weight is 232 g/mol. The number of allylic oxidation sites excluding steroid dienone is 1. The summed E-state index contributed by atoms with van der Waals surface area (Å²) in [5, 5.41) is 0. The van der Waals surface area contributed by atoms with E-state index in [1.807, 2.05) is 6.08 Å². The van der Waals surface area contributed by atoms with E-state index in [0.29, 0.717) is 6.10 Å². The third kappa shape index (κ3) is 10.4. The summed E-state index contributed by atoms with van der Waals surface area (Å²) >= 11 is 0. The standard InChI is InChI=1S/C12H25O2P/c1-4-7-10-12(9-6-3)14-15-13-11-8-5-2/h4,12,15H,1,5-11H2,2-3H3. The molecule has 15 heavy (non-hydrogen) atoms. The fraction of sp³-hybridized carbons (Fsp3) is 0.833. The van der Waals surface area contributed by atoms with Crippen LogP contribution < -0.4 is 0 Å². The van der Waals surface area contributed by atoms with Crippen LogP contribution in [0.3, 0.4) is 0 Å². The Bertz CT molecular complexity index is 140. The summed E-state index contributed by atoms with van der Waals surface area (Å²) in [6, 6.07) is 0. The van der Waals surface area contributed by atoms with Crippen LogP contribution in [0.15, 0.2) is 12.7 Å². The van der Waals surface area contributed by atoms with E-state index in [0.717, 1.165) is 32.3 Å². The topological polar surface area (TPSA) is 18.5 Å². The predicted molar refractivity (Wildman–Crippen MR) is 68.4 cm³/mol. The SMILES string of the molecule is C=CCCC(CCC)OPOCCCC. The van der Waals surface area contributed by atoms with Crippen molar-refractivity contribution in [2.45, 2.75) is 58.5 Å². The largest absolute Gasteiger partial charge is 0.336 e. The molecule has 0 aromatic heterocycles. The molecule has 0 amide bonds. The molecule has 0 aliphatic heterocycles. The maximum absolute atomic E-state index is 5.69. The average Bonchev–Trinajstić information content (AvgIpc) is 2.25. The number of rotatable bonds is 11. The highest BCUT2D eigenvalue weighted by Gasteiger charge is 2.06. The quantitative estimate of drug-likeness (QED) is 0.297. The summed E-state index contributed by atoms with van der Waals surface area (Å²) in [5.74, 6) is 0. The Labute approximate surface area is 96.4 Å². The van der Waals surface area contributed by atoms with Crippen molar-refractivity contribution in [3.8, 4) is 0 Å². The van der Waals surface area contributed by atoms with Gasteiger partial charge in [0.25, 0.3) is 0 Å². The molecule has 3 heteroatoms. The van der Waals surface area contributed by atoms with Gasteiger partial charge in [-0.25, -0.2) is 0 Å². The Morgan fingerprint density at radius 2 is 2.07 bits per heavy atom. The summed E-state index contributed by atoms with van der Waals surface area (Å²) in [4.78, 5) is 0. The zero-order chi connectivity index (χ0) is 11.4. The van der Waals surface area contributed by atoms with Gasteiger partial charge in [0, 0.05) is 0 Å². The fourth-order valence-corrected chi connectivity index (χ4v) is 1.92. The fourth-order valence-electron chi connectivity index (χ4n) is 1.25. The third-order valence-electron chi connectivity index (χ3n) is 2.18. The summed E-state index contributed by atoms with van der Waals surface area (Å²) in [7, 11) is 0.209. The van der Waals surface area contributed by atoms with Gasteiger partial charge in [0.2, 0.25) is 0 Å². The van der Waals surface area contributed by atoms with E-state index in [2.05, 4.69) is 20.4 Å². The van der Waals surface area contributed by atoms with Gasteiger partial charge in [-0.2, -0.15) is 0 Å². The van der Waals surface area contributed by atoms with Gasteiger partial charge in [-0.3, -0.25) is 0 Å². The Morgan fingerprint density at radius 3 is 2.67 bits per heavy atom. The van der Waals surface area contributed by atoms with Crippen LogP contribution in [-0.2, 0) is 9.05 Å². The van der Waals surface area contributed by atoms with Crippen LogP contribution in [0.5, 0.6) is 0 Å².